The number of benzene rings is 1. The van der Waals surface area contributed by atoms with E-state index in [1.54, 1.807) is 13.0 Å². The van der Waals surface area contributed by atoms with Gasteiger partial charge in [0.2, 0.25) is 0 Å². The van der Waals surface area contributed by atoms with E-state index in [4.69, 9.17) is 5.11 Å². The average Bonchev–Trinajstić information content (AvgIpc) is 2.31. The highest BCUT2D eigenvalue weighted by atomic mass is 32.2. The van der Waals surface area contributed by atoms with E-state index in [9.17, 15) is 17.2 Å². The number of anilines is 1. The minimum Gasteiger partial charge on any atom is -0.395 e. The van der Waals surface area contributed by atoms with Crippen molar-refractivity contribution < 1.29 is 22.3 Å². The van der Waals surface area contributed by atoms with E-state index in [0.717, 1.165) is 0 Å². The summed E-state index contributed by atoms with van der Waals surface area (Å²) >= 11 is 0. The van der Waals surface area contributed by atoms with Gasteiger partial charge in [0, 0.05) is 12.0 Å². The van der Waals surface area contributed by atoms with Gasteiger partial charge in [-0.05, 0) is 24.6 Å². The molecule has 1 aromatic rings. The molecule has 0 saturated heterocycles. The molecule has 0 aliphatic heterocycles. The molecule has 0 unspecified atom stereocenters. The van der Waals surface area contributed by atoms with Gasteiger partial charge in [-0.1, -0.05) is 17.9 Å². The van der Waals surface area contributed by atoms with E-state index in [1.165, 1.54) is 12.1 Å². The van der Waals surface area contributed by atoms with E-state index >= 15 is 0 Å². The molecule has 0 spiro atoms. The molecule has 7 heteroatoms. The van der Waals surface area contributed by atoms with Crippen LogP contribution in [0, 0.1) is 18.8 Å². The minimum absolute atomic E-state index is 0.00531. The van der Waals surface area contributed by atoms with Crippen molar-refractivity contribution in [3.05, 3.63) is 29.3 Å². The topological polar surface area (TPSA) is 66.4 Å². The Morgan fingerprint density at radius 2 is 2.11 bits per heavy atom. The molecule has 0 amide bonds. The second-order valence-electron chi connectivity index (χ2n) is 3.73. The number of aliphatic hydroxyl groups is 1. The highest BCUT2D eigenvalue weighted by Crippen LogP contribution is 2.20. The molecule has 104 valence electrons. The van der Waals surface area contributed by atoms with E-state index in [-0.39, 0.29) is 24.3 Å². The van der Waals surface area contributed by atoms with Gasteiger partial charge in [-0.25, -0.2) is 8.42 Å². The number of hydrogen-bond acceptors (Lipinski definition) is 3. The lowest BCUT2D eigenvalue weighted by molar-refractivity contribution is 0.236. The van der Waals surface area contributed by atoms with E-state index in [2.05, 4.69) is 11.8 Å². The summed E-state index contributed by atoms with van der Waals surface area (Å²) in [6.07, 6.45) is 0.217. The van der Waals surface area contributed by atoms with Crippen LogP contribution in [-0.2, 0) is 10.0 Å². The first-order chi connectivity index (χ1) is 8.86. The Kier molecular flexibility index (Phi) is 5.27. The molecule has 19 heavy (non-hydrogen) atoms. The van der Waals surface area contributed by atoms with Gasteiger partial charge < -0.3 is 5.11 Å². The van der Waals surface area contributed by atoms with Crippen LogP contribution in [0.5, 0.6) is 0 Å². The third-order valence-electron chi connectivity index (χ3n) is 2.12. The molecule has 0 aliphatic carbocycles. The van der Waals surface area contributed by atoms with Crippen LogP contribution < -0.4 is 4.72 Å². The Morgan fingerprint density at radius 1 is 1.42 bits per heavy atom. The molecule has 0 aromatic heterocycles. The fraction of sp³-hybridized carbons (Fsp3) is 0.333. The zero-order valence-electron chi connectivity index (χ0n) is 10.2. The van der Waals surface area contributed by atoms with E-state index in [1.807, 2.05) is 4.72 Å². The van der Waals surface area contributed by atoms with Crippen molar-refractivity contribution in [3.8, 4) is 11.8 Å². The largest absolute Gasteiger partial charge is 0.395 e. The summed E-state index contributed by atoms with van der Waals surface area (Å²) in [6, 6.07) is 4.63. The lowest BCUT2D eigenvalue weighted by Gasteiger charge is -2.09. The summed E-state index contributed by atoms with van der Waals surface area (Å²) in [6.45, 7) is 1.57. The number of halogens is 2. The van der Waals surface area contributed by atoms with Crippen molar-refractivity contribution >= 4 is 15.7 Å². The summed E-state index contributed by atoms with van der Waals surface area (Å²) < 4.78 is 48.7. The van der Waals surface area contributed by atoms with Crippen LogP contribution in [0.25, 0.3) is 0 Å². The van der Waals surface area contributed by atoms with Crippen LogP contribution in [0.15, 0.2) is 18.2 Å². The molecule has 0 fully saturated rings. The standard InChI is InChI=1S/C12H13F2NO3S/c1-9-5-6-10(4-2-3-7-16)11(8-9)15-19(17,18)12(13)14/h5-6,8,12,15-16H,3,7H2,1H3. The molecule has 1 aromatic carbocycles. The molecule has 0 atom stereocenters. The Labute approximate surface area is 110 Å². The number of alkyl halides is 2. The van der Waals surface area contributed by atoms with Crippen molar-refractivity contribution in [2.75, 3.05) is 11.3 Å². The number of hydrogen-bond donors (Lipinski definition) is 2. The number of rotatable bonds is 4. The Morgan fingerprint density at radius 3 is 2.68 bits per heavy atom. The van der Waals surface area contributed by atoms with Crippen molar-refractivity contribution in [3.63, 3.8) is 0 Å². The zero-order chi connectivity index (χ0) is 14.5. The van der Waals surface area contributed by atoms with Gasteiger partial charge in [0.1, 0.15) is 0 Å². The van der Waals surface area contributed by atoms with Crippen molar-refractivity contribution in [2.45, 2.75) is 19.1 Å². The first kappa shape index (κ1) is 15.4. The highest BCUT2D eigenvalue weighted by Gasteiger charge is 2.24. The molecule has 0 aliphatic rings. The quantitative estimate of drug-likeness (QED) is 0.829. The molecular formula is C12H13F2NO3S. The van der Waals surface area contributed by atoms with Gasteiger partial charge in [0.25, 0.3) is 10.0 Å². The lowest BCUT2D eigenvalue weighted by atomic mass is 10.1. The fourth-order valence-corrected chi connectivity index (χ4v) is 1.83. The SMILES string of the molecule is Cc1ccc(C#CCCO)c(NS(=O)(=O)C(F)F)c1. The monoisotopic (exact) mass is 289 g/mol. The summed E-state index contributed by atoms with van der Waals surface area (Å²) in [5.74, 6) is 1.72. The van der Waals surface area contributed by atoms with Crippen molar-refractivity contribution in [1.29, 1.82) is 0 Å². The minimum atomic E-state index is -4.72. The van der Waals surface area contributed by atoms with Crippen LogP contribution in [0.1, 0.15) is 17.5 Å². The lowest BCUT2D eigenvalue weighted by Crippen LogP contribution is -2.21. The Bertz CT molecular complexity index is 603. The molecule has 2 N–H and O–H groups in total. The second-order valence-corrected chi connectivity index (χ2v) is 5.38. The first-order valence-electron chi connectivity index (χ1n) is 5.37. The molecule has 0 saturated carbocycles. The predicted octanol–water partition coefficient (Wildman–Crippen LogP) is 1.69. The number of aryl methyl sites for hydroxylation is 1. The van der Waals surface area contributed by atoms with E-state index in [0.29, 0.717) is 5.56 Å². The maximum atomic E-state index is 12.3. The maximum Gasteiger partial charge on any atom is 0.355 e. The van der Waals surface area contributed by atoms with Gasteiger partial charge >= 0.3 is 5.76 Å². The van der Waals surface area contributed by atoms with Gasteiger partial charge in [0.15, 0.2) is 0 Å². The third kappa shape index (κ3) is 4.50. The number of nitrogens with one attached hydrogen (secondary N) is 1. The molecule has 4 nitrogen and oxygen atoms in total. The van der Waals surface area contributed by atoms with Crippen molar-refractivity contribution in [1.82, 2.24) is 0 Å². The van der Waals surface area contributed by atoms with Crippen LogP contribution in [0.2, 0.25) is 0 Å². The van der Waals surface area contributed by atoms with Gasteiger partial charge in [0.05, 0.1) is 12.3 Å². The van der Waals surface area contributed by atoms with Gasteiger partial charge in [-0.3, -0.25) is 4.72 Å². The molecular weight excluding hydrogens is 276 g/mol. The highest BCUT2D eigenvalue weighted by molar-refractivity contribution is 7.93. The Balaban J connectivity index is 3.12. The second kappa shape index (κ2) is 6.50. The molecule has 0 radical (unpaired) electrons. The van der Waals surface area contributed by atoms with E-state index < -0.39 is 15.8 Å². The van der Waals surface area contributed by atoms with Crippen LogP contribution in [-0.4, -0.2) is 25.9 Å². The molecule has 0 bridgehead atoms. The summed E-state index contributed by atoms with van der Waals surface area (Å²) in [5.41, 5.74) is 0.994. The normalized spacial score (nSPS) is 11.0. The smallest absolute Gasteiger partial charge is 0.355 e. The first-order valence-corrected chi connectivity index (χ1v) is 6.91. The van der Waals surface area contributed by atoms with Gasteiger partial charge in [-0.15, -0.1) is 0 Å². The maximum absolute atomic E-state index is 12.3. The van der Waals surface area contributed by atoms with Crippen LogP contribution in [0.3, 0.4) is 0 Å². The van der Waals surface area contributed by atoms with Crippen LogP contribution in [0.4, 0.5) is 14.5 Å². The molecule has 1 rings (SSSR count). The average molecular weight is 289 g/mol. The van der Waals surface area contributed by atoms with Crippen molar-refractivity contribution in [2.24, 2.45) is 0 Å². The Hall–Kier alpha value is -1.65. The predicted molar refractivity (Wildman–Crippen MR) is 68.3 cm³/mol. The fourth-order valence-electron chi connectivity index (χ4n) is 1.26. The van der Waals surface area contributed by atoms with Crippen LogP contribution >= 0.6 is 0 Å². The third-order valence-corrected chi connectivity index (χ3v) is 3.10. The van der Waals surface area contributed by atoms with Gasteiger partial charge in [-0.2, -0.15) is 8.78 Å². The zero-order valence-corrected chi connectivity index (χ0v) is 11.0. The molecule has 0 heterocycles. The summed E-state index contributed by atoms with van der Waals surface area (Å²) in [5, 5.41) is 8.60. The number of aliphatic hydroxyl groups excluding tert-OH is 1. The summed E-state index contributed by atoms with van der Waals surface area (Å²) in [4.78, 5) is 0. The number of sulfonamides is 1. The summed E-state index contributed by atoms with van der Waals surface area (Å²) in [7, 11) is -4.72.